The summed E-state index contributed by atoms with van der Waals surface area (Å²) in [4.78, 5) is 0. The highest BCUT2D eigenvalue weighted by Crippen LogP contribution is 1.96. The second-order valence-corrected chi connectivity index (χ2v) is 4.42. The molecular weight excluding hydrogens is 156 g/mol. The Morgan fingerprint density at radius 3 is 1.91 bits per heavy atom. The molecule has 0 aliphatic heterocycles. The third-order valence-electron chi connectivity index (χ3n) is 1.13. The van der Waals surface area contributed by atoms with E-state index in [-0.39, 0.29) is 0 Å². The third-order valence-corrected chi connectivity index (χ3v) is 2.93. The van der Waals surface area contributed by atoms with Gasteiger partial charge in [-0.3, -0.25) is 0 Å². The van der Waals surface area contributed by atoms with E-state index in [0.29, 0.717) is 13.2 Å². The summed E-state index contributed by atoms with van der Waals surface area (Å²) in [5.74, 6) is 0. The lowest BCUT2D eigenvalue weighted by molar-refractivity contribution is 0.234. The van der Waals surface area contributed by atoms with Gasteiger partial charge in [-0.15, -0.1) is 13.2 Å². The molecule has 0 saturated carbocycles. The Balaban J connectivity index is 3.39. The number of hydrogen-bond donors (Lipinski definition) is 0. The van der Waals surface area contributed by atoms with Crippen molar-refractivity contribution in [2.45, 2.75) is 13.0 Å². The van der Waals surface area contributed by atoms with Gasteiger partial charge in [0.05, 0.1) is 13.2 Å². The van der Waals surface area contributed by atoms with E-state index in [4.69, 9.17) is 8.85 Å². The Bertz CT molecular complexity index is 103. The third kappa shape index (κ3) is 6.03. The van der Waals surface area contributed by atoms with Crippen molar-refractivity contribution in [2.75, 3.05) is 13.2 Å². The highest BCUT2D eigenvalue weighted by molar-refractivity contribution is 6.44. The maximum atomic E-state index is 5.39. The van der Waals surface area contributed by atoms with Crippen molar-refractivity contribution in [2.24, 2.45) is 0 Å². The monoisotopic (exact) mass is 172 g/mol. The molecule has 3 heteroatoms. The lowest BCUT2D eigenvalue weighted by Gasteiger charge is -2.11. The van der Waals surface area contributed by atoms with Gasteiger partial charge in [0.15, 0.2) is 0 Å². The molecule has 64 valence electrons. The Labute approximate surface area is 70.4 Å². The molecule has 0 aliphatic carbocycles. The minimum Gasteiger partial charge on any atom is -0.393 e. The fourth-order valence-electron chi connectivity index (χ4n) is 0.635. The van der Waals surface area contributed by atoms with Crippen LogP contribution in [0.5, 0.6) is 0 Å². The first-order chi connectivity index (χ1) is 5.35. The normalized spacial score (nSPS) is 10.0. The van der Waals surface area contributed by atoms with Crippen LogP contribution in [0.25, 0.3) is 0 Å². The molecule has 0 saturated heterocycles. The predicted molar refractivity (Wildman–Crippen MR) is 49.9 cm³/mol. The van der Waals surface area contributed by atoms with Gasteiger partial charge in [0.2, 0.25) is 0 Å². The van der Waals surface area contributed by atoms with Gasteiger partial charge in [0.1, 0.15) is 0 Å². The summed E-state index contributed by atoms with van der Waals surface area (Å²) in [5.41, 5.74) is 0. The minimum absolute atomic E-state index is 0.599. The van der Waals surface area contributed by atoms with E-state index in [9.17, 15) is 0 Å². The van der Waals surface area contributed by atoms with E-state index in [0.717, 1.165) is 6.04 Å². The summed E-state index contributed by atoms with van der Waals surface area (Å²) >= 11 is 0. The predicted octanol–water partition coefficient (Wildman–Crippen LogP) is 1.63. The van der Waals surface area contributed by atoms with Crippen molar-refractivity contribution in [3.05, 3.63) is 25.3 Å². The summed E-state index contributed by atoms with van der Waals surface area (Å²) in [7, 11) is -1.39. The van der Waals surface area contributed by atoms with Crippen LogP contribution in [0.15, 0.2) is 25.3 Å². The summed E-state index contributed by atoms with van der Waals surface area (Å²) in [6, 6.07) is 0.988. The van der Waals surface area contributed by atoms with Crippen molar-refractivity contribution in [3.8, 4) is 0 Å². The summed E-state index contributed by atoms with van der Waals surface area (Å²) in [6.07, 6.45) is 3.49. The molecule has 0 aliphatic rings. The Hall–Kier alpha value is -0.383. The molecule has 0 aromatic rings. The molecule has 0 N–H and O–H groups in total. The highest BCUT2D eigenvalue weighted by Gasteiger charge is 2.07. The van der Waals surface area contributed by atoms with Crippen LogP contribution in [-0.4, -0.2) is 22.5 Å². The molecule has 2 nitrogen and oxygen atoms in total. The Morgan fingerprint density at radius 1 is 1.18 bits per heavy atom. The van der Waals surface area contributed by atoms with E-state index >= 15 is 0 Å². The molecule has 0 radical (unpaired) electrons. The lowest BCUT2D eigenvalue weighted by atomic mass is 10.7. The van der Waals surface area contributed by atoms with Crippen molar-refractivity contribution in [3.63, 3.8) is 0 Å². The zero-order valence-electron chi connectivity index (χ0n) is 7.08. The second-order valence-electron chi connectivity index (χ2n) is 2.08. The van der Waals surface area contributed by atoms with Crippen molar-refractivity contribution >= 4 is 9.28 Å². The van der Waals surface area contributed by atoms with E-state index in [1.54, 1.807) is 12.2 Å². The van der Waals surface area contributed by atoms with E-state index in [1.807, 2.05) is 0 Å². The minimum atomic E-state index is -1.39. The van der Waals surface area contributed by atoms with Crippen LogP contribution in [0, 0.1) is 0 Å². The Kier molecular flexibility index (Phi) is 7.45. The molecule has 0 aromatic carbocycles. The van der Waals surface area contributed by atoms with Gasteiger partial charge < -0.3 is 8.85 Å². The standard InChI is InChI=1S/C8H16O2Si/c1-4-7-9-11(6-3)10-8-5-2/h4-5,11H,1-2,6-8H2,3H3. The largest absolute Gasteiger partial charge is 0.393 e. The first kappa shape index (κ1) is 10.6. The van der Waals surface area contributed by atoms with Crippen LogP contribution in [0.1, 0.15) is 6.92 Å². The quantitative estimate of drug-likeness (QED) is 0.429. The number of hydrogen-bond acceptors (Lipinski definition) is 2. The molecule has 0 fully saturated rings. The van der Waals surface area contributed by atoms with Crippen molar-refractivity contribution in [1.29, 1.82) is 0 Å². The lowest BCUT2D eigenvalue weighted by Crippen LogP contribution is -2.21. The molecule has 0 spiro atoms. The Morgan fingerprint density at radius 2 is 1.64 bits per heavy atom. The summed E-state index contributed by atoms with van der Waals surface area (Å²) in [5, 5.41) is 0. The van der Waals surface area contributed by atoms with Crippen LogP contribution in [0.3, 0.4) is 0 Å². The topological polar surface area (TPSA) is 18.5 Å². The highest BCUT2D eigenvalue weighted by atomic mass is 28.3. The summed E-state index contributed by atoms with van der Waals surface area (Å²) < 4.78 is 10.8. The first-order valence-electron chi connectivity index (χ1n) is 3.80. The van der Waals surface area contributed by atoms with Gasteiger partial charge in [0.25, 0.3) is 0 Å². The molecule has 0 amide bonds. The fraction of sp³-hybridized carbons (Fsp3) is 0.500. The van der Waals surface area contributed by atoms with Gasteiger partial charge in [-0.25, -0.2) is 0 Å². The van der Waals surface area contributed by atoms with Crippen molar-refractivity contribution < 1.29 is 8.85 Å². The van der Waals surface area contributed by atoms with Crippen LogP contribution in [0.4, 0.5) is 0 Å². The smallest absolute Gasteiger partial charge is 0.321 e. The van der Waals surface area contributed by atoms with Crippen LogP contribution >= 0.6 is 0 Å². The van der Waals surface area contributed by atoms with Gasteiger partial charge in [-0.1, -0.05) is 19.1 Å². The second kappa shape index (κ2) is 7.72. The SMILES string of the molecule is C=CCO[SiH](CC)OCC=C. The molecule has 0 atom stereocenters. The molecule has 0 heterocycles. The maximum Gasteiger partial charge on any atom is 0.321 e. The van der Waals surface area contributed by atoms with Gasteiger partial charge >= 0.3 is 9.28 Å². The van der Waals surface area contributed by atoms with Gasteiger partial charge in [-0.05, 0) is 6.04 Å². The first-order valence-corrected chi connectivity index (χ1v) is 5.56. The van der Waals surface area contributed by atoms with E-state index in [2.05, 4.69) is 20.1 Å². The molecular formula is C8H16O2Si. The maximum absolute atomic E-state index is 5.39. The average Bonchev–Trinajstić information content (AvgIpc) is 2.05. The fourth-order valence-corrected chi connectivity index (χ4v) is 1.90. The molecule has 0 bridgehead atoms. The van der Waals surface area contributed by atoms with Gasteiger partial charge in [0, 0.05) is 0 Å². The molecule has 11 heavy (non-hydrogen) atoms. The molecule has 0 unspecified atom stereocenters. The van der Waals surface area contributed by atoms with E-state index < -0.39 is 9.28 Å². The van der Waals surface area contributed by atoms with Crippen LogP contribution in [0.2, 0.25) is 6.04 Å². The number of rotatable bonds is 7. The van der Waals surface area contributed by atoms with Crippen molar-refractivity contribution in [1.82, 2.24) is 0 Å². The van der Waals surface area contributed by atoms with Crippen LogP contribution in [-0.2, 0) is 8.85 Å². The summed E-state index contributed by atoms with van der Waals surface area (Å²) in [6.45, 7) is 10.4. The van der Waals surface area contributed by atoms with E-state index in [1.165, 1.54) is 0 Å². The molecule has 0 rings (SSSR count). The van der Waals surface area contributed by atoms with Gasteiger partial charge in [-0.2, -0.15) is 0 Å². The zero-order chi connectivity index (χ0) is 8.53. The van der Waals surface area contributed by atoms with Crippen LogP contribution < -0.4 is 0 Å². The zero-order valence-corrected chi connectivity index (χ0v) is 8.24. The molecule has 0 aromatic heterocycles. The average molecular weight is 172 g/mol.